The minimum absolute atomic E-state index is 0.0240. The van der Waals surface area contributed by atoms with Gasteiger partial charge < -0.3 is 18.9 Å². The molecule has 1 N–H and O–H groups in total. The lowest BCUT2D eigenvalue weighted by Gasteiger charge is -2.17. The van der Waals surface area contributed by atoms with Crippen molar-refractivity contribution in [3.63, 3.8) is 0 Å². The zero-order chi connectivity index (χ0) is 25.0. The molecule has 0 fully saturated rings. The molecule has 15 heteroatoms. The number of halogens is 1. The highest BCUT2D eigenvalue weighted by Gasteiger charge is 2.25. The van der Waals surface area contributed by atoms with E-state index in [2.05, 4.69) is 9.47 Å². The van der Waals surface area contributed by atoms with E-state index < -0.39 is 56.9 Å². The summed E-state index contributed by atoms with van der Waals surface area (Å²) >= 11 is 5.68. The molecule has 0 aliphatic rings. The minimum atomic E-state index is -3.97. The van der Waals surface area contributed by atoms with Crippen LogP contribution in [-0.4, -0.2) is 53.8 Å². The Balaban J connectivity index is 2.74. The van der Waals surface area contributed by atoms with Crippen LogP contribution in [0, 0.1) is 0 Å². The Bertz CT molecular complexity index is 954. The van der Waals surface area contributed by atoms with Gasteiger partial charge in [-0.2, -0.15) is 0 Å². The van der Waals surface area contributed by atoms with Crippen molar-refractivity contribution in [2.45, 2.75) is 46.4 Å². The Morgan fingerprint density at radius 1 is 1.03 bits per heavy atom. The molecule has 13 nitrogen and oxygen atoms in total. The molecule has 1 aromatic rings. The van der Waals surface area contributed by atoms with Crippen LogP contribution in [0.1, 0.15) is 27.7 Å². The van der Waals surface area contributed by atoms with Gasteiger partial charge >= 0.3 is 25.6 Å². The number of nitrogens with one attached hydrogen (secondary N) is 1. The highest BCUT2D eigenvalue weighted by molar-refractivity contribution is 7.54. The second kappa shape index (κ2) is 13.8. The number of aromatic amines is 1. The van der Waals surface area contributed by atoms with Gasteiger partial charge in [0.15, 0.2) is 0 Å². The summed E-state index contributed by atoms with van der Waals surface area (Å²) < 4.78 is 42.9. The molecule has 0 atom stereocenters. The van der Waals surface area contributed by atoms with Crippen molar-refractivity contribution in [3.8, 4) is 0 Å². The smallest absolute Gasteiger partial charge is 0.432 e. The fraction of sp³-hybridized carbons (Fsp3) is 0.556. The largest absolute Gasteiger partial charge is 0.510 e. The molecule has 0 aliphatic heterocycles. The summed E-state index contributed by atoms with van der Waals surface area (Å²) in [5.41, 5.74) is -1.42. The van der Waals surface area contributed by atoms with Gasteiger partial charge in [-0.15, -0.1) is 0 Å². The number of ether oxygens (including phenoxy) is 4. The Morgan fingerprint density at radius 2 is 1.55 bits per heavy atom. The molecule has 0 saturated carbocycles. The molecule has 33 heavy (non-hydrogen) atoms. The molecule has 0 radical (unpaired) electrons. The van der Waals surface area contributed by atoms with Crippen LogP contribution in [0.15, 0.2) is 27.9 Å². The first-order valence-corrected chi connectivity index (χ1v) is 11.7. The lowest BCUT2D eigenvalue weighted by molar-refractivity contribution is -0.0298. The fourth-order valence-corrected chi connectivity index (χ4v) is 3.20. The normalized spacial score (nSPS) is 11.7. The van der Waals surface area contributed by atoms with Crippen molar-refractivity contribution < 1.29 is 42.1 Å². The van der Waals surface area contributed by atoms with Crippen LogP contribution in [0.5, 0.6) is 0 Å². The topological polar surface area (TPSA) is 161 Å². The monoisotopic (exact) mass is 512 g/mol. The fourth-order valence-electron chi connectivity index (χ4n) is 1.92. The van der Waals surface area contributed by atoms with Crippen LogP contribution in [0.4, 0.5) is 9.59 Å². The maximum atomic E-state index is 12.9. The van der Waals surface area contributed by atoms with Crippen LogP contribution in [0.25, 0.3) is 0 Å². The van der Waals surface area contributed by atoms with Gasteiger partial charge in [0.1, 0.15) is 5.02 Å². The summed E-state index contributed by atoms with van der Waals surface area (Å²) in [5.74, 6) is 0. The first-order valence-electron chi connectivity index (χ1n) is 9.61. The number of rotatable bonds is 12. The predicted octanol–water partition coefficient (Wildman–Crippen LogP) is 3.01. The number of aromatic nitrogens is 2. The maximum Gasteiger partial charge on any atom is 0.510 e. The van der Waals surface area contributed by atoms with Crippen molar-refractivity contribution in [3.05, 3.63) is 44.2 Å². The summed E-state index contributed by atoms with van der Waals surface area (Å²) in [5, 5.41) is -0.184. The average Bonchev–Trinajstić information content (AvgIpc) is 2.67. The van der Waals surface area contributed by atoms with Crippen molar-refractivity contribution in [2.75, 3.05) is 19.7 Å². The molecule has 0 aliphatic carbocycles. The SMILES string of the molecule is CC(C)OC(=O)OCOP(=O)(C/C=C\Cn1cc(Cl)c(=O)[nH]c1=O)OCOC(=O)OC(C)C. The van der Waals surface area contributed by atoms with Crippen LogP contribution in [-0.2, 0) is 39.1 Å². The van der Waals surface area contributed by atoms with Gasteiger partial charge in [-0.3, -0.25) is 28.0 Å². The third kappa shape index (κ3) is 11.7. The molecule has 0 bridgehead atoms. The second-order valence-corrected chi connectivity index (χ2v) is 9.28. The number of H-pyrrole nitrogens is 1. The van der Waals surface area contributed by atoms with Gasteiger partial charge in [0.25, 0.3) is 5.56 Å². The summed E-state index contributed by atoms with van der Waals surface area (Å²) in [6, 6.07) is 0. The molecule has 0 aromatic carbocycles. The predicted molar refractivity (Wildman–Crippen MR) is 115 cm³/mol. The van der Waals surface area contributed by atoms with Gasteiger partial charge in [0, 0.05) is 12.7 Å². The average molecular weight is 513 g/mol. The lowest BCUT2D eigenvalue weighted by atomic mass is 10.5. The van der Waals surface area contributed by atoms with Crippen LogP contribution in [0.3, 0.4) is 0 Å². The first-order chi connectivity index (χ1) is 15.4. The van der Waals surface area contributed by atoms with E-state index in [0.717, 1.165) is 10.8 Å². The number of carbonyl (C=O) groups is 2. The van der Waals surface area contributed by atoms with Crippen molar-refractivity contribution in [1.29, 1.82) is 0 Å². The highest BCUT2D eigenvalue weighted by Crippen LogP contribution is 2.48. The molecular weight excluding hydrogens is 487 g/mol. The number of allylic oxidation sites excluding steroid dienone is 2. The molecule has 0 saturated heterocycles. The standard InChI is InChI=1S/C18H26ClN2O11P/c1-12(2)31-17(24)27-10-29-33(26,30-11-28-18(25)32-13(3)4)8-6-5-7-21-9-14(19)15(22)20-16(21)23/h5-6,9,12-13H,7-8,10-11H2,1-4H3,(H,20,22,23)/b6-5-. The van der Waals surface area contributed by atoms with Gasteiger partial charge in [0.2, 0.25) is 13.6 Å². The van der Waals surface area contributed by atoms with E-state index in [9.17, 15) is 23.7 Å². The van der Waals surface area contributed by atoms with E-state index in [4.69, 9.17) is 30.1 Å². The molecule has 0 amide bonds. The first kappa shape index (κ1) is 28.4. The van der Waals surface area contributed by atoms with E-state index in [1.165, 1.54) is 12.2 Å². The summed E-state index contributed by atoms with van der Waals surface area (Å²) in [6.45, 7) is 4.88. The van der Waals surface area contributed by atoms with Gasteiger partial charge in [-0.1, -0.05) is 23.8 Å². The van der Waals surface area contributed by atoms with Crippen molar-refractivity contribution in [2.24, 2.45) is 0 Å². The van der Waals surface area contributed by atoms with Crippen LogP contribution in [0.2, 0.25) is 5.02 Å². The van der Waals surface area contributed by atoms with E-state index in [-0.39, 0.29) is 17.7 Å². The minimum Gasteiger partial charge on any atom is -0.432 e. The Labute approximate surface area is 194 Å². The van der Waals surface area contributed by atoms with Crippen LogP contribution < -0.4 is 11.2 Å². The molecule has 0 spiro atoms. The zero-order valence-electron chi connectivity index (χ0n) is 18.5. The highest BCUT2D eigenvalue weighted by atomic mass is 35.5. The van der Waals surface area contributed by atoms with Crippen LogP contribution >= 0.6 is 19.2 Å². The molecular formula is C18H26ClN2O11P. The molecule has 1 heterocycles. The van der Waals surface area contributed by atoms with E-state index in [1.807, 2.05) is 4.98 Å². The number of carbonyl (C=O) groups excluding carboxylic acids is 2. The maximum absolute atomic E-state index is 12.9. The number of hydrogen-bond acceptors (Lipinski definition) is 11. The van der Waals surface area contributed by atoms with Gasteiger partial charge in [-0.25, -0.2) is 14.4 Å². The number of nitrogens with zero attached hydrogens (tertiary/aromatic N) is 1. The molecule has 1 rings (SSSR count). The molecule has 1 aromatic heterocycles. The van der Waals surface area contributed by atoms with Crippen molar-refractivity contribution in [1.82, 2.24) is 9.55 Å². The van der Waals surface area contributed by atoms with E-state index in [1.54, 1.807) is 27.7 Å². The van der Waals surface area contributed by atoms with Gasteiger partial charge in [-0.05, 0) is 27.7 Å². The van der Waals surface area contributed by atoms with Gasteiger partial charge in [0.05, 0.1) is 18.4 Å². The van der Waals surface area contributed by atoms with E-state index in [0.29, 0.717) is 0 Å². The number of hydrogen-bond donors (Lipinski definition) is 1. The molecule has 186 valence electrons. The third-order valence-electron chi connectivity index (χ3n) is 3.28. The Kier molecular flexibility index (Phi) is 11.9. The Morgan fingerprint density at radius 3 is 2.03 bits per heavy atom. The lowest BCUT2D eigenvalue weighted by Crippen LogP contribution is -2.29. The Hall–Kier alpha value is -2.60. The summed E-state index contributed by atoms with van der Waals surface area (Å²) in [4.78, 5) is 47.9. The summed E-state index contributed by atoms with van der Waals surface area (Å²) in [6.07, 6.45) is 0.618. The van der Waals surface area contributed by atoms with Crippen molar-refractivity contribution >= 4 is 31.5 Å². The summed E-state index contributed by atoms with van der Waals surface area (Å²) in [7, 11) is -3.97. The second-order valence-electron chi connectivity index (χ2n) is 6.77. The third-order valence-corrected chi connectivity index (χ3v) is 5.21. The quantitative estimate of drug-likeness (QED) is 0.189. The van der Waals surface area contributed by atoms with E-state index >= 15 is 0 Å². The zero-order valence-corrected chi connectivity index (χ0v) is 20.1. The molecule has 0 unspecified atom stereocenters.